The van der Waals surface area contributed by atoms with Crippen molar-refractivity contribution in [2.75, 3.05) is 6.54 Å². The van der Waals surface area contributed by atoms with Crippen LogP contribution in [-0.2, 0) is 4.79 Å². The van der Waals surface area contributed by atoms with Crippen molar-refractivity contribution in [3.05, 3.63) is 39.4 Å². The highest BCUT2D eigenvalue weighted by Crippen LogP contribution is 2.23. The van der Waals surface area contributed by atoms with E-state index in [1.807, 2.05) is 0 Å². The van der Waals surface area contributed by atoms with Crippen LogP contribution < -0.4 is 0 Å². The first-order chi connectivity index (χ1) is 9.41. The number of nitrogens with zero attached hydrogens (tertiary/aromatic N) is 2. The molecular formula is C13H14N2O5. The van der Waals surface area contributed by atoms with Gasteiger partial charge in [-0.1, -0.05) is 0 Å². The number of carbonyl (C=O) groups excluding carboxylic acids is 1. The molecule has 1 aromatic carbocycles. The molecule has 1 amide bonds. The summed E-state index contributed by atoms with van der Waals surface area (Å²) in [6.07, 6.45) is 1.09. The highest BCUT2D eigenvalue weighted by atomic mass is 16.6. The Morgan fingerprint density at radius 3 is 2.70 bits per heavy atom. The summed E-state index contributed by atoms with van der Waals surface area (Å²) in [6.45, 7) is 1.94. The molecule has 7 heteroatoms. The minimum Gasteiger partial charge on any atom is -0.480 e. The van der Waals surface area contributed by atoms with Gasteiger partial charge in [-0.25, -0.2) is 4.79 Å². The fraction of sp³-hybridized carbons (Fsp3) is 0.385. The van der Waals surface area contributed by atoms with Crippen LogP contribution in [0.5, 0.6) is 0 Å². The molecule has 1 fully saturated rings. The van der Waals surface area contributed by atoms with E-state index in [0.29, 0.717) is 24.9 Å². The number of nitro benzene ring substituents is 1. The molecule has 1 heterocycles. The van der Waals surface area contributed by atoms with Crippen molar-refractivity contribution in [1.82, 2.24) is 4.90 Å². The van der Waals surface area contributed by atoms with Gasteiger partial charge in [-0.15, -0.1) is 0 Å². The van der Waals surface area contributed by atoms with Crippen LogP contribution >= 0.6 is 0 Å². The summed E-state index contributed by atoms with van der Waals surface area (Å²) < 4.78 is 0. The number of nitro groups is 1. The van der Waals surface area contributed by atoms with Crippen molar-refractivity contribution in [3.8, 4) is 0 Å². The molecule has 0 aliphatic carbocycles. The first kappa shape index (κ1) is 14.0. The predicted octanol–water partition coefficient (Wildman–Crippen LogP) is 1.59. The quantitative estimate of drug-likeness (QED) is 0.668. The summed E-state index contributed by atoms with van der Waals surface area (Å²) in [5, 5.41) is 19.8. The first-order valence-corrected chi connectivity index (χ1v) is 6.20. The van der Waals surface area contributed by atoms with Crippen molar-refractivity contribution < 1.29 is 19.6 Å². The number of amides is 1. The molecule has 0 saturated carbocycles. The topological polar surface area (TPSA) is 101 Å². The number of hydrogen-bond acceptors (Lipinski definition) is 4. The molecule has 2 rings (SSSR count). The second-order valence-corrected chi connectivity index (χ2v) is 4.75. The molecule has 0 radical (unpaired) electrons. The van der Waals surface area contributed by atoms with E-state index in [1.165, 1.54) is 23.1 Å². The molecular weight excluding hydrogens is 264 g/mol. The smallest absolute Gasteiger partial charge is 0.326 e. The van der Waals surface area contributed by atoms with Gasteiger partial charge < -0.3 is 10.0 Å². The Morgan fingerprint density at radius 2 is 2.15 bits per heavy atom. The summed E-state index contributed by atoms with van der Waals surface area (Å²) in [4.78, 5) is 34.9. The summed E-state index contributed by atoms with van der Waals surface area (Å²) in [5.74, 6) is -1.41. The fourth-order valence-electron chi connectivity index (χ4n) is 2.43. The molecule has 20 heavy (non-hydrogen) atoms. The molecule has 1 N–H and O–H groups in total. The van der Waals surface area contributed by atoms with Crippen molar-refractivity contribution in [3.63, 3.8) is 0 Å². The Labute approximate surface area is 115 Å². The average molecular weight is 278 g/mol. The lowest BCUT2D eigenvalue weighted by Gasteiger charge is -2.21. The summed E-state index contributed by atoms with van der Waals surface area (Å²) in [7, 11) is 0. The maximum Gasteiger partial charge on any atom is 0.326 e. The fourth-order valence-corrected chi connectivity index (χ4v) is 2.43. The maximum atomic E-state index is 12.3. The highest BCUT2D eigenvalue weighted by molar-refractivity contribution is 5.97. The molecule has 0 spiro atoms. The Hall–Kier alpha value is -2.44. The third-order valence-corrected chi connectivity index (χ3v) is 3.44. The Bertz CT molecular complexity index is 584. The molecule has 0 unspecified atom stereocenters. The van der Waals surface area contributed by atoms with Crippen LogP contribution in [0.4, 0.5) is 5.69 Å². The average Bonchev–Trinajstić information content (AvgIpc) is 2.86. The molecule has 1 saturated heterocycles. The van der Waals surface area contributed by atoms with Gasteiger partial charge in [0.05, 0.1) is 4.92 Å². The van der Waals surface area contributed by atoms with E-state index in [-0.39, 0.29) is 11.3 Å². The van der Waals surface area contributed by atoms with E-state index < -0.39 is 22.8 Å². The number of hydrogen-bond donors (Lipinski definition) is 1. The largest absolute Gasteiger partial charge is 0.480 e. The lowest BCUT2D eigenvalue weighted by Crippen LogP contribution is -2.40. The zero-order valence-corrected chi connectivity index (χ0v) is 10.9. The molecule has 1 aliphatic heterocycles. The van der Waals surface area contributed by atoms with Gasteiger partial charge in [0.1, 0.15) is 6.04 Å². The monoisotopic (exact) mass is 278 g/mol. The molecule has 1 aromatic rings. The van der Waals surface area contributed by atoms with Crippen LogP contribution in [0.25, 0.3) is 0 Å². The predicted molar refractivity (Wildman–Crippen MR) is 69.5 cm³/mol. The second-order valence-electron chi connectivity index (χ2n) is 4.75. The molecule has 1 atom stereocenters. The van der Waals surface area contributed by atoms with Crippen LogP contribution in [0, 0.1) is 17.0 Å². The first-order valence-electron chi connectivity index (χ1n) is 6.20. The van der Waals surface area contributed by atoms with E-state index >= 15 is 0 Å². The lowest BCUT2D eigenvalue weighted by atomic mass is 10.1. The lowest BCUT2D eigenvalue weighted by molar-refractivity contribution is -0.385. The zero-order chi connectivity index (χ0) is 14.9. The standard InChI is InChI=1S/C13H14N2O5/c1-8-7-9(4-5-10(8)15(19)20)12(16)14-6-2-3-11(14)13(17)18/h4-5,7,11H,2-3,6H2,1H3,(H,17,18)/t11-/m1/s1. The van der Waals surface area contributed by atoms with Gasteiger partial charge in [0.2, 0.25) is 0 Å². The third kappa shape index (κ3) is 2.47. The van der Waals surface area contributed by atoms with Crippen LogP contribution in [-0.4, -0.2) is 39.4 Å². The van der Waals surface area contributed by atoms with Gasteiger partial charge in [-0.3, -0.25) is 14.9 Å². The van der Waals surface area contributed by atoms with Gasteiger partial charge >= 0.3 is 5.97 Å². The van der Waals surface area contributed by atoms with Gasteiger partial charge in [0, 0.05) is 23.7 Å². The number of carboxylic acids is 1. The van der Waals surface area contributed by atoms with Gasteiger partial charge in [0.25, 0.3) is 11.6 Å². The van der Waals surface area contributed by atoms with Crippen molar-refractivity contribution in [2.45, 2.75) is 25.8 Å². The number of carbonyl (C=O) groups is 2. The minimum absolute atomic E-state index is 0.0576. The van der Waals surface area contributed by atoms with Crippen LogP contribution in [0.1, 0.15) is 28.8 Å². The Balaban J connectivity index is 2.27. The van der Waals surface area contributed by atoms with E-state index in [4.69, 9.17) is 5.11 Å². The molecule has 0 bridgehead atoms. The maximum absolute atomic E-state index is 12.3. The SMILES string of the molecule is Cc1cc(C(=O)N2CCC[C@@H]2C(=O)O)ccc1[N+](=O)[O-]. The summed E-state index contributed by atoms with van der Waals surface area (Å²) in [5.41, 5.74) is 0.603. The summed E-state index contributed by atoms with van der Waals surface area (Å²) in [6, 6.07) is 3.26. The minimum atomic E-state index is -1.02. The summed E-state index contributed by atoms with van der Waals surface area (Å²) >= 11 is 0. The number of benzene rings is 1. The molecule has 0 aromatic heterocycles. The van der Waals surface area contributed by atoms with Crippen molar-refractivity contribution >= 4 is 17.6 Å². The number of rotatable bonds is 3. The van der Waals surface area contributed by atoms with Crippen molar-refractivity contribution in [2.24, 2.45) is 0 Å². The number of carboxylic acid groups (broad SMARTS) is 1. The van der Waals surface area contributed by atoms with Gasteiger partial charge in [-0.05, 0) is 31.9 Å². The number of aryl methyl sites for hydroxylation is 1. The molecule has 1 aliphatic rings. The third-order valence-electron chi connectivity index (χ3n) is 3.44. The second kappa shape index (κ2) is 5.28. The van der Waals surface area contributed by atoms with Crippen LogP contribution in [0.2, 0.25) is 0 Å². The zero-order valence-electron chi connectivity index (χ0n) is 10.9. The number of aliphatic carboxylic acids is 1. The Morgan fingerprint density at radius 1 is 1.45 bits per heavy atom. The highest BCUT2D eigenvalue weighted by Gasteiger charge is 2.34. The van der Waals surface area contributed by atoms with E-state index in [9.17, 15) is 19.7 Å². The van der Waals surface area contributed by atoms with Crippen molar-refractivity contribution in [1.29, 1.82) is 0 Å². The molecule has 7 nitrogen and oxygen atoms in total. The van der Waals surface area contributed by atoms with Gasteiger partial charge in [0.15, 0.2) is 0 Å². The van der Waals surface area contributed by atoms with Crippen LogP contribution in [0.3, 0.4) is 0 Å². The van der Waals surface area contributed by atoms with E-state index in [1.54, 1.807) is 6.92 Å². The van der Waals surface area contributed by atoms with Gasteiger partial charge in [-0.2, -0.15) is 0 Å². The number of likely N-dealkylation sites (tertiary alicyclic amines) is 1. The van der Waals surface area contributed by atoms with E-state index in [2.05, 4.69) is 0 Å². The Kier molecular flexibility index (Phi) is 3.69. The molecule has 106 valence electrons. The van der Waals surface area contributed by atoms with E-state index in [0.717, 1.165) is 0 Å². The normalized spacial score (nSPS) is 18.1. The van der Waals surface area contributed by atoms with Crippen LogP contribution in [0.15, 0.2) is 18.2 Å².